The lowest BCUT2D eigenvalue weighted by molar-refractivity contribution is -0.0163. The van der Waals surface area contributed by atoms with Gasteiger partial charge < -0.3 is 19.5 Å². The summed E-state index contributed by atoms with van der Waals surface area (Å²) < 4.78 is 7.97. The standard InChI is InChI=1S/C17H24N6O2/c1-4-23-8-7-18-16(23)15-12(6-5-9-25-15)21-17(24)13-10-20-14(11-19-13)22(2)3/h7-8,10-12,15H,4-6,9H2,1-3H3,(H,21,24)/t12-,15-/m0/s1. The number of aromatic nitrogens is 4. The second-order valence-electron chi connectivity index (χ2n) is 6.24. The van der Waals surface area contributed by atoms with E-state index < -0.39 is 0 Å². The summed E-state index contributed by atoms with van der Waals surface area (Å²) in [6.45, 7) is 3.54. The van der Waals surface area contributed by atoms with Gasteiger partial charge in [0.2, 0.25) is 0 Å². The maximum absolute atomic E-state index is 12.6. The number of hydrogen-bond acceptors (Lipinski definition) is 6. The zero-order valence-corrected chi connectivity index (χ0v) is 14.8. The van der Waals surface area contributed by atoms with Crippen LogP contribution in [0.15, 0.2) is 24.8 Å². The minimum atomic E-state index is -0.248. The molecule has 1 fully saturated rings. The monoisotopic (exact) mass is 344 g/mol. The summed E-state index contributed by atoms with van der Waals surface area (Å²) in [4.78, 5) is 27.3. The van der Waals surface area contributed by atoms with Gasteiger partial charge in [0.25, 0.3) is 5.91 Å². The van der Waals surface area contributed by atoms with Gasteiger partial charge in [0.15, 0.2) is 0 Å². The number of nitrogens with one attached hydrogen (secondary N) is 1. The Morgan fingerprint density at radius 1 is 1.36 bits per heavy atom. The average Bonchev–Trinajstić information content (AvgIpc) is 3.10. The lowest BCUT2D eigenvalue weighted by Gasteiger charge is -2.32. The van der Waals surface area contributed by atoms with Crippen molar-refractivity contribution >= 4 is 11.7 Å². The van der Waals surface area contributed by atoms with E-state index in [4.69, 9.17) is 4.74 Å². The predicted octanol–water partition coefficient (Wildman–Crippen LogP) is 1.41. The molecule has 1 amide bonds. The number of ether oxygens (including phenoxy) is 1. The Morgan fingerprint density at radius 2 is 2.20 bits per heavy atom. The fraction of sp³-hybridized carbons (Fsp3) is 0.529. The van der Waals surface area contributed by atoms with Crippen LogP contribution >= 0.6 is 0 Å². The number of hydrogen-bond donors (Lipinski definition) is 1. The Bertz CT molecular complexity index is 712. The van der Waals surface area contributed by atoms with Crippen molar-refractivity contribution in [1.29, 1.82) is 0 Å². The molecule has 3 rings (SSSR count). The first-order valence-electron chi connectivity index (χ1n) is 8.53. The third-order valence-electron chi connectivity index (χ3n) is 4.31. The minimum Gasteiger partial charge on any atom is -0.368 e. The number of imidazole rings is 1. The van der Waals surface area contributed by atoms with E-state index in [0.717, 1.165) is 25.2 Å². The fourth-order valence-electron chi connectivity index (χ4n) is 2.94. The van der Waals surface area contributed by atoms with E-state index in [0.29, 0.717) is 18.1 Å². The van der Waals surface area contributed by atoms with Crippen molar-refractivity contribution in [1.82, 2.24) is 24.8 Å². The highest BCUT2D eigenvalue weighted by Crippen LogP contribution is 2.27. The second kappa shape index (κ2) is 7.60. The maximum Gasteiger partial charge on any atom is 0.271 e. The topological polar surface area (TPSA) is 85.2 Å². The minimum absolute atomic E-state index is 0.135. The molecule has 0 aromatic carbocycles. The van der Waals surface area contributed by atoms with Crippen LogP contribution in [0.3, 0.4) is 0 Å². The van der Waals surface area contributed by atoms with Gasteiger partial charge in [-0.05, 0) is 19.8 Å². The van der Waals surface area contributed by atoms with Gasteiger partial charge in [0.05, 0.1) is 18.4 Å². The summed E-state index contributed by atoms with van der Waals surface area (Å²) in [7, 11) is 3.76. The van der Waals surface area contributed by atoms with E-state index in [2.05, 4.69) is 27.2 Å². The Hall–Kier alpha value is -2.48. The molecule has 1 N–H and O–H groups in total. The Morgan fingerprint density at radius 3 is 2.88 bits per heavy atom. The van der Waals surface area contributed by atoms with Gasteiger partial charge in [-0.15, -0.1) is 0 Å². The Balaban J connectivity index is 1.74. The molecule has 1 aliphatic heterocycles. The third kappa shape index (κ3) is 3.79. The predicted molar refractivity (Wildman–Crippen MR) is 93.4 cm³/mol. The zero-order chi connectivity index (χ0) is 17.8. The second-order valence-corrected chi connectivity index (χ2v) is 6.24. The normalized spacial score (nSPS) is 20.3. The summed E-state index contributed by atoms with van der Waals surface area (Å²) in [5, 5.41) is 3.04. The molecular weight excluding hydrogens is 320 g/mol. The Kier molecular flexibility index (Phi) is 5.28. The van der Waals surface area contributed by atoms with E-state index >= 15 is 0 Å². The van der Waals surface area contributed by atoms with Crippen LogP contribution in [0.2, 0.25) is 0 Å². The van der Waals surface area contributed by atoms with Gasteiger partial charge in [-0.25, -0.2) is 15.0 Å². The highest BCUT2D eigenvalue weighted by molar-refractivity contribution is 5.92. The lowest BCUT2D eigenvalue weighted by atomic mass is 10.0. The fourth-order valence-corrected chi connectivity index (χ4v) is 2.94. The van der Waals surface area contributed by atoms with Crippen LogP contribution in [-0.4, -0.2) is 52.2 Å². The summed E-state index contributed by atoms with van der Waals surface area (Å²) >= 11 is 0. The van der Waals surface area contributed by atoms with E-state index in [9.17, 15) is 4.79 Å². The molecular formula is C17H24N6O2. The number of aryl methyl sites for hydroxylation is 1. The molecule has 2 atom stereocenters. The largest absolute Gasteiger partial charge is 0.368 e. The smallest absolute Gasteiger partial charge is 0.271 e. The van der Waals surface area contributed by atoms with Crippen molar-refractivity contribution in [2.75, 3.05) is 25.6 Å². The van der Waals surface area contributed by atoms with Crippen molar-refractivity contribution in [3.8, 4) is 0 Å². The molecule has 0 saturated carbocycles. The number of amides is 1. The van der Waals surface area contributed by atoms with Crippen LogP contribution in [0.4, 0.5) is 5.82 Å². The van der Waals surface area contributed by atoms with Gasteiger partial charge in [0, 0.05) is 39.6 Å². The first kappa shape index (κ1) is 17.3. The first-order chi connectivity index (χ1) is 12.1. The summed E-state index contributed by atoms with van der Waals surface area (Å²) in [5.41, 5.74) is 0.300. The molecule has 134 valence electrons. The molecule has 3 heterocycles. The first-order valence-corrected chi connectivity index (χ1v) is 8.53. The number of rotatable bonds is 5. The van der Waals surface area contributed by atoms with Crippen LogP contribution in [0.25, 0.3) is 0 Å². The quantitative estimate of drug-likeness (QED) is 0.883. The summed E-state index contributed by atoms with van der Waals surface area (Å²) in [6, 6.07) is -0.135. The van der Waals surface area contributed by atoms with Crippen LogP contribution in [0.5, 0.6) is 0 Å². The molecule has 0 bridgehead atoms. The third-order valence-corrected chi connectivity index (χ3v) is 4.31. The molecule has 1 aliphatic rings. The molecule has 0 aliphatic carbocycles. The molecule has 25 heavy (non-hydrogen) atoms. The number of carbonyl (C=O) groups excluding carboxylic acids is 1. The highest BCUT2D eigenvalue weighted by Gasteiger charge is 2.32. The van der Waals surface area contributed by atoms with E-state index in [1.165, 1.54) is 6.20 Å². The van der Waals surface area contributed by atoms with E-state index in [-0.39, 0.29) is 18.1 Å². The molecule has 8 nitrogen and oxygen atoms in total. The molecule has 1 saturated heterocycles. The van der Waals surface area contributed by atoms with E-state index in [1.807, 2.05) is 29.8 Å². The highest BCUT2D eigenvalue weighted by atomic mass is 16.5. The van der Waals surface area contributed by atoms with Gasteiger partial charge in [-0.1, -0.05) is 0 Å². The van der Waals surface area contributed by atoms with Crippen molar-refractivity contribution in [3.63, 3.8) is 0 Å². The van der Waals surface area contributed by atoms with Gasteiger partial charge in [0.1, 0.15) is 23.4 Å². The van der Waals surface area contributed by atoms with Gasteiger partial charge in [-0.2, -0.15) is 0 Å². The van der Waals surface area contributed by atoms with E-state index in [1.54, 1.807) is 12.4 Å². The summed E-state index contributed by atoms with van der Waals surface area (Å²) in [5.74, 6) is 1.31. The molecule has 8 heteroatoms. The Labute approximate surface area is 147 Å². The summed E-state index contributed by atoms with van der Waals surface area (Å²) in [6.07, 6.45) is 8.28. The molecule has 2 aromatic rings. The van der Waals surface area contributed by atoms with Crippen molar-refractivity contribution < 1.29 is 9.53 Å². The van der Waals surface area contributed by atoms with Crippen molar-refractivity contribution in [3.05, 3.63) is 36.3 Å². The number of nitrogens with zero attached hydrogens (tertiary/aromatic N) is 5. The van der Waals surface area contributed by atoms with Gasteiger partial charge >= 0.3 is 0 Å². The maximum atomic E-state index is 12.6. The van der Waals surface area contributed by atoms with Crippen LogP contribution in [0.1, 0.15) is 42.2 Å². The van der Waals surface area contributed by atoms with Crippen molar-refractivity contribution in [2.24, 2.45) is 0 Å². The van der Waals surface area contributed by atoms with Crippen LogP contribution < -0.4 is 10.2 Å². The molecule has 0 radical (unpaired) electrons. The van der Waals surface area contributed by atoms with Crippen LogP contribution in [0, 0.1) is 0 Å². The molecule has 0 spiro atoms. The van der Waals surface area contributed by atoms with Gasteiger partial charge in [-0.3, -0.25) is 4.79 Å². The SMILES string of the molecule is CCn1ccnc1[C@H]1OCCC[C@@H]1NC(=O)c1cnc(N(C)C)cn1. The number of carbonyl (C=O) groups is 1. The zero-order valence-electron chi connectivity index (χ0n) is 14.8. The van der Waals surface area contributed by atoms with Crippen molar-refractivity contribution in [2.45, 2.75) is 38.5 Å². The molecule has 2 aromatic heterocycles. The average molecular weight is 344 g/mol. The number of anilines is 1. The molecule has 0 unspecified atom stereocenters. The lowest BCUT2D eigenvalue weighted by Crippen LogP contribution is -2.43. The van der Waals surface area contributed by atoms with Crippen LogP contribution in [-0.2, 0) is 11.3 Å².